The van der Waals surface area contributed by atoms with Gasteiger partial charge in [0.2, 0.25) is 5.91 Å². The van der Waals surface area contributed by atoms with E-state index in [0.717, 1.165) is 21.3 Å². The normalized spacial score (nSPS) is 10.3. The molecule has 0 aliphatic rings. The second kappa shape index (κ2) is 12.7. The SMILES string of the molecule is COc1ccc(Oc2ccc(NC(=O)CCC(=O)OCC(=O)Nc3cc(C)c(Br)c(C)c3)cc2)cc1. The molecule has 0 atom stereocenters. The fourth-order valence-electron chi connectivity index (χ4n) is 3.26. The van der Waals surface area contributed by atoms with E-state index < -0.39 is 18.5 Å². The van der Waals surface area contributed by atoms with Crippen LogP contribution in [-0.2, 0) is 19.1 Å². The Kier molecular flexibility index (Phi) is 9.46. The third-order valence-corrected chi connectivity index (χ3v) is 6.32. The summed E-state index contributed by atoms with van der Waals surface area (Å²) >= 11 is 3.47. The van der Waals surface area contributed by atoms with Crippen LogP contribution in [0.25, 0.3) is 0 Å². The average Bonchev–Trinajstić information content (AvgIpc) is 2.86. The zero-order chi connectivity index (χ0) is 26.1. The monoisotopic (exact) mass is 554 g/mol. The Morgan fingerprint density at radius 1 is 0.750 bits per heavy atom. The number of methoxy groups -OCH3 is 1. The molecule has 9 heteroatoms. The van der Waals surface area contributed by atoms with Crippen molar-refractivity contribution in [2.24, 2.45) is 0 Å². The van der Waals surface area contributed by atoms with Crippen molar-refractivity contribution in [1.82, 2.24) is 0 Å². The molecule has 0 aliphatic heterocycles. The van der Waals surface area contributed by atoms with Crippen molar-refractivity contribution in [2.75, 3.05) is 24.4 Å². The minimum Gasteiger partial charge on any atom is -0.497 e. The number of amides is 2. The summed E-state index contributed by atoms with van der Waals surface area (Å²) in [6.45, 7) is 3.41. The van der Waals surface area contributed by atoms with Gasteiger partial charge in [0.15, 0.2) is 6.61 Å². The molecule has 0 aliphatic carbocycles. The van der Waals surface area contributed by atoms with Crippen LogP contribution in [0.15, 0.2) is 65.1 Å². The molecule has 0 heterocycles. The van der Waals surface area contributed by atoms with Crippen LogP contribution in [-0.4, -0.2) is 31.5 Å². The predicted octanol–water partition coefficient (Wildman–Crippen LogP) is 5.77. The Bertz CT molecular complexity index is 1200. The van der Waals surface area contributed by atoms with Crippen LogP contribution in [0, 0.1) is 13.8 Å². The maximum Gasteiger partial charge on any atom is 0.306 e. The summed E-state index contributed by atoms with van der Waals surface area (Å²) in [5, 5.41) is 5.41. The molecule has 36 heavy (non-hydrogen) atoms. The van der Waals surface area contributed by atoms with E-state index in [1.54, 1.807) is 55.6 Å². The van der Waals surface area contributed by atoms with Crippen molar-refractivity contribution >= 4 is 45.1 Å². The van der Waals surface area contributed by atoms with Gasteiger partial charge >= 0.3 is 5.97 Å². The first kappa shape index (κ1) is 26.7. The smallest absolute Gasteiger partial charge is 0.306 e. The zero-order valence-corrected chi connectivity index (χ0v) is 21.8. The first-order valence-electron chi connectivity index (χ1n) is 11.2. The maximum atomic E-state index is 12.2. The molecule has 188 valence electrons. The molecular weight excluding hydrogens is 528 g/mol. The lowest BCUT2D eigenvalue weighted by Gasteiger charge is -2.10. The minimum absolute atomic E-state index is 0.0738. The quantitative estimate of drug-likeness (QED) is 0.308. The van der Waals surface area contributed by atoms with E-state index in [2.05, 4.69) is 26.6 Å². The number of carbonyl (C=O) groups is 3. The molecule has 3 aromatic rings. The highest BCUT2D eigenvalue weighted by molar-refractivity contribution is 9.10. The van der Waals surface area contributed by atoms with Crippen molar-refractivity contribution in [3.05, 3.63) is 76.3 Å². The number of benzene rings is 3. The lowest BCUT2D eigenvalue weighted by atomic mass is 10.1. The molecule has 0 spiro atoms. The van der Waals surface area contributed by atoms with Crippen LogP contribution < -0.4 is 20.1 Å². The van der Waals surface area contributed by atoms with Crippen molar-refractivity contribution in [1.29, 1.82) is 0 Å². The first-order chi connectivity index (χ1) is 17.2. The molecule has 0 saturated heterocycles. The van der Waals surface area contributed by atoms with Crippen LogP contribution >= 0.6 is 15.9 Å². The van der Waals surface area contributed by atoms with E-state index in [1.807, 2.05) is 26.0 Å². The molecule has 0 aromatic heterocycles. The topological polar surface area (TPSA) is 103 Å². The molecule has 3 rings (SSSR count). The predicted molar refractivity (Wildman–Crippen MR) is 141 cm³/mol. The maximum absolute atomic E-state index is 12.2. The van der Waals surface area contributed by atoms with Crippen LogP contribution in [0.3, 0.4) is 0 Å². The summed E-state index contributed by atoms with van der Waals surface area (Å²) in [6.07, 6.45) is -0.218. The van der Waals surface area contributed by atoms with E-state index in [1.165, 1.54) is 0 Å². The number of nitrogens with one attached hydrogen (secondary N) is 2. The van der Waals surface area contributed by atoms with Gasteiger partial charge in [0.25, 0.3) is 5.91 Å². The van der Waals surface area contributed by atoms with Gasteiger partial charge in [-0.25, -0.2) is 0 Å². The highest BCUT2D eigenvalue weighted by Crippen LogP contribution is 2.26. The van der Waals surface area contributed by atoms with Crippen LogP contribution in [0.1, 0.15) is 24.0 Å². The highest BCUT2D eigenvalue weighted by atomic mass is 79.9. The standard InChI is InChI=1S/C27H27BrN2O6/c1-17-14-20(15-18(2)27(17)28)30-25(32)16-35-26(33)13-12-24(31)29-19-4-6-22(7-5-19)36-23-10-8-21(34-3)9-11-23/h4-11,14-15H,12-13,16H2,1-3H3,(H,29,31)(H,30,32). The number of rotatable bonds is 10. The lowest BCUT2D eigenvalue weighted by Crippen LogP contribution is -2.22. The van der Waals surface area contributed by atoms with Crippen molar-refractivity contribution in [2.45, 2.75) is 26.7 Å². The summed E-state index contributed by atoms with van der Waals surface area (Å²) in [5.74, 6) is 0.562. The number of ether oxygens (including phenoxy) is 3. The van der Waals surface area contributed by atoms with Crippen LogP contribution in [0.5, 0.6) is 17.2 Å². The van der Waals surface area contributed by atoms with Gasteiger partial charge in [-0.2, -0.15) is 0 Å². The van der Waals surface area contributed by atoms with Gasteiger partial charge in [-0.1, -0.05) is 15.9 Å². The Hall–Kier alpha value is -3.85. The summed E-state index contributed by atoms with van der Waals surface area (Å²) < 4.78 is 16.8. The molecule has 0 unspecified atom stereocenters. The second-order valence-electron chi connectivity index (χ2n) is 7.98. The number of esters is 1. The first-order valence-corrected chi connectivity index (χ1v) is 12.0. The van der Waals surface area contributed by atoms with E-state index in [-0.39, 0.29) is 18.7 Å². The van der Waals surface area contributed by atoms with Crippen LogP contribution in [0.2, 0.25) is 0 Å². The van der Waals surface area contributed by atoms with Crippen molar-refractivity contribution in [3.8, 4) is 17.2 Å². The Labute approximate surface area is 218 Å². The fourth-order valence-corrected chi connectivity index (χ4v) is 3.49. The third kappa shape index (κ3) is 8.13. The Morgan fingerprint density at radius 3 is 1.86 bits per heavy atom. The number of halogens is 1. The molecule has 0 saturated carbocycles. The van der Waals surface area contributed by atoms with Gasteiger partial charge in [-0.15, -0.1) is 0 Å². The second-order valence-corrected chi connectivity index (χ2v) is 8.78. The van der Waals surface area contributed by atoms with E-state index in [9.17, 15) is 14.4 Å². The summed E-state index contributed by atoms with van der Waals surface area (Å²) in [4.78, 5) is 36.2. The van der Waals surface area contributed by atoms with Gasteiger partial charge in [-0.3, -0.25) is 14.4 Å². The number of hydrogen-bond donors (Lipinski definition) is 2. The number of anilines is 2. The van der Waals surface area contributed by atoms with E-state index in [4.69, 9.17) is 14.2 Å². The lowest BCUT2D eigenvalue weighted by molar-refractivity contribution is -0.147. The summed E-state index contributed by atoms with van der Waals surface area (Å²) in [6, 6.07) is 17.7. The van der Waals surface area contributed by atoms with Crippen molar-refractivity contribution in [3.63, 3.8) is 0 Å². The van der Waals surface area contributed by atoms with Gasteiger partial charge in [0.05, 0.1) is 13.5 Å². The summed E-state index contributed by atoms with van der Waals surface area (Å²) in [5.41, 5.74) is 3.14. The molecule has 8 nitrogen and oxygen atoms in total. The summed E-state index contributed by atoms with van der Waals surface area (Å²) in [7, 11) is 1.60. The zero-order valence-electron chi connectivity index (χ0n) is 20.2. The van der Waals surface area contributed by atoms with Gasteiger partial charge in [0.1, 0.15) is 17.2 Å². The van der Waals surface area contributed by atoms with Crippen LogP contribution in [0.4, 0.5) is 11.4 Å². The molecule has 0 bridgehead atoms. The van der Waals surface area contributed by atoms with Gasteiger partial charge < -0.3 is 24.8 Å². The molecule has 0 radical (unpaired) electrons. The minimum atomic E-state index is -0.633. The molecule has 3 aromatic carbocycles. The molecule has 2 N–H and O–H groups in total. The van der Waals surface area contributed by atoms with Crippen molar-refractivity contribution < 1.29 is 28.6 Å². The molecule has 2 amide bonds. The average molecular weight is 555 g/mol. The highest BCUT2D eigenvalue weighted by Gasteiger charge is 2.12. The Morgan fingerprint density at radius 2 is 1.28 bits per heavy atom. The number of hydrogen-bond acceptors (Lipinski definition) is 6. The van der Waals surface area contributed by atoms with Gasteiger partial charge in [-0.05, 0) is 85.6 Å². The van der Waals surface area contributed by atoms with E-state index >= 15 is 0 Å². The third-order valence-electron chi connectivity index (χ3n) is 5.07. The fraction of sp³-hybridized carbons (Fsp3) is 0.222. The largest absolute Gasteiger partial charge is 0.497 e. The molecule has 0 fully saturated rings. The molecular formula is C27H27BrN2O6. The van der Waals surface area contributed by atoms with E-state index in [0.29, 0.717) is 22.9 Å². The van der Waals surface area contributed by atoms with Gasteiger partial charge in [0, 0.05) is 22.3 Å². The Balaban J connectivity index is 1.38. The number of aryl methyl sites for hydroxylation is 2. The number of carbonyl (C=O) groups excluding carboxylic acids is 3.